The molecular formula is C20H22N2O5. The van der Waals surface area contributed by atoms with Gasteiger partial charge in [-0.3, -0.25) is 14.5 Å². The summed E-state index contributed by atoms with van der Waals surface area (Å²) < 4.78 is 16.9. The number of benzene rings is 1. The molecule has 0 radical (unpaired) electrons. The molecule has 1 unspecified atom stereocenters. The monoisotopic (exact) mass is 370 g/mol. The predicted octanol–water partition coefficient (Wildman–Crippen LogP) is 1.46. The summed E-state index contributed by atoms with van der Waals surface area (Å²) in [6.07, 6.45) is 2.60. The molecule has 0 saturated carbocycles. The molecule has 27 heavy (non-hydrogen) atoms. The quantitative estimate of drug-likeness (QED) is 0.627. The molecule has 7 nitrogen and oxygen atoms in total. The van der Waals surface area contributed by atoms with Gasteiger partial charge in [-0.2, -0.15) is 0 Å². The number of esters is 1. The van der Waals surface area contributed by atoms with E-state index >= 15 is 0 Å². The van der Waals surface area contributed by atoms with Crippen molar-refractivity contribution < 1.29 is 23.8 Å². The Labute approximate surface area is 157 Å². The summed E-state index contributed by atoms with van der Waals surface area (Å²) in [5.74, 6) is 0.967. The zero-order valence-corrected chi connectivity index (χ0v) is 15.4. The van der Waals surface area contributed by atoms with E-state index in [1.54, 1.807) is 0 Å². The van der Waals surface area contributed by atoms with Gasteiger partial charge in [0.1, 0.15) is 6.10 Å². The Bertz CT molecular complexity index is 864. The second-order valence-electron chi connectivity index (χ2n) is 7.64. The van der Waals surface area contributed by atoms with Gasteiger partial charge in [-0.1, -0.05) is 11.6 Å². The van der Waals surface area contributed by atoms with E-state index in [2.05, 4.69) is 16.3 Å². The van der Waals surface area contributed by atoms with E-state index in [-0.39, 0.29) is 36.7 Å². The molecule has 4 aliphatic rings. The van der Waals surface area contributed by atoms with Gasteiger partial charge < -0.3 is 19.5 Å². The number of carbonyl (C=O) groups excluding carboxylic acids is 2. The van der Waals surface area contributed by atoms with Crippen LogP contribution in [0, 0.1) is 0 Å². The Balaban J connectivity index is 1.65. The van der Waals surface area contributed by atoms with Crippen molar-refractivity contribution in [2.24, 2.45) is 0 Å². The van der Waals surface area contributed by atoms with E-state index < -0.39 is 6.10 Å². The third-order valence-electron chi connectivity index (χ3n) is 5.94. The fraction of sp³-hybridized carbons (Fsp3) is 0.500. The maximum atomic E-state index is 11.9. The fourth-order valence-electron chi connectivity index (χ4n) is 5.05. The van der Waals surface area contributed by atoms with Crippen molar-refractivity contribution in [2.45, 2.75) is 50.9 Å². The Kier molecular flexibility index (Phi) is 3.69. The SMILES string of the molecule is CC(=O)N[C@H]1C=C2CCN3Cc4cc5c(cc4[C@@H](C23)[C@@H]1OC(C)=O)OCO5. The summed E-state index contributed by atoms with van der Waals surface area (Å²) in [5.41, 5.74) is 3.60. The molecule has 1 fully saturated rings. The normalized spacial score (nSPS) is 30.2. The molecular weight excluding hydrogens is 348 g/mol. The molecule has 0 bridgehead atoms. The van der Waals surface area contributed by atoms with Crippen molar-refractivity contribution in [3.05, 3.63) is 34.9 Å². The van der Waals surface area contributed by atoms with Gasteiger partial charge >= 0.3 is 5.97 Å². The van der Waals surface area contributed by atoms with Crippen LogP contribution in [0.1, 0.15) is 37.3 Å². The van der Waals surface area contributed by atoms with Crippen LogP contribution < -0.4 is 14.8 Å². The van der Waals surface area contributed by atoms with Crippen molar-refractivity contribution >= 4 is 11.9 Å². The van der Waals surface area contributed by atoms with Crippen LogP contribution in [0.4, 0.5) is 0 Å². The van der Waals surface area contributed by atoms with Crippen LogP contribution in [0.25, 0.3) is 0 Å². The summed E-state index contributed by atoms with van der Waals surface area (Å²) in [7, 11) is 0. The van der Waals surface area contributed by atoms with Crippen molar-refractivity contribution in [3.63, 3.8) is 0 Å². The molecule has 0 spiro atoms. The number of fused-ring (bicyclic) bond motifs is 3. The number of hydrogen-bond acceptors (Lipinski definition) is 6. The van der Waals surface area contributed by atoms with Gasteiger partial charge in [-0.15, -0.1) is 0 Å². The van der Waals surface area contributed by atoms with Crippen LogP contribution in [0.3, 0.4) is 0 Å². The number of ether oxygens (including phenoxy) is 3. The summed E-state index contributed by atoms with van der Waals surface area (Å²) in [4.78, 5) is 26.1. The lowest BCUT2D eigenvalue weighted by molar-refractivity contribution is -0.150. The molecule has 4 atom stereocenters. The molecule has 7 heteroatoms. The Morgan fingerprint density at radius 3 is 2.74 bits per heavy atom. The zero-order chi connectivity index (χ0) is 18.7. The van der Waals surface area contributed by atoms with Crippen LogP contribution in [0.2, 0.25) is 0 Å². The summed E-state index contributed by atoms with van der Waals surface area (Å²) in [6.45, 7) is 4.93. The van der Waals surface area contributed by atoms with Gasteiger partial charge in [-0.05, 0) is 29.7 Å². The maximum Gasteiger partial charge on any atom is 0.303 e. The van der Waals surface area contributed by atoms with Crippen molar-refractivity contribution in [2.75, 3.05) is 13.3 Å². The first-order valence-electron chi connectivity index (χ1n) is 9.32. The van der Waals surface area contributed by atoms with E-state index in [4.69, 9.17) is 14.2 Å². The van der Waals surface area contributed by atoms with Gasteiger partial charge in [0.15, 0.2) is 11.5 Å². The zero-order valence-electron chi connectivity index (χ0n) is 15.4. The average Bonchev–Trinajstić information content (AvgIpc) is 3.21. The van der Waals surface area contributed by atoms with Gasteiger partial charge in [0.05, 0.1) is 6.04 Å². The number of nitrogens with one attached hydrogen (secondary N) is 1. The molecule has 5 rings (SSSR count). The highest BCUT2D eigenvalue weighted by Crippen LogP contribution is 2.50. The van der Waals surface area contributed by atoms with Crippen molar-refractivity contribution in [3.8, 4) is 11.5 Å². The standard InChI is InChI=1S/C20H22N2O5/c1-10(23)21-15-5-12-3-4-22-8-13-6-16-17(26-9-25-16)7-14(13)18(19(12)22)20(15)27-11(2)24/h5-7,15,18-20H,3-4,8-9H2,1-2H3,(H,21,23)/t15-,18-,19?,20+/m0/s1. The Hall–Kier alpha value is -2.54. The van der Waals surface area contributed by atoms with Gasteiger partial charge in [0, 0.05) is 38.9 Å². The molecule has 1 saturated heterocycles. The first-order valence-corrected chi connectivity index (χ1v) is 9.32. The maximum absolute atomic E-state index is 11.9. The van der Waals surface area contributed by atoms with Crippen LogP contribution in [0.5, 0.6) is 11.5 Å². The van der Waals surface area contributed by atoms with Crippen molar-refractivity contribution in [1.29, 1.82) is 0 Å². The lowest BCUT2D eigenvalue weighted by atomic mass is 9.72. The minimum absolute atomic E-state index is 0.0495. The molecule has 0 aromatic heterocycles. The topological polar surface area (TPSA) is 77.1 Å². The molecule has 3 aliphatic heterocycles. The summed E-state index contributed by atoms with van der Waals surface area (Å²) in [6, 6.07) is 3.93. The van der Waals surface area contributed by atoms with Crippen molar-refractivity contribution in [1.82, 2.24) is 10.2 Å². The van der Waals surface area contributed by atoms with Crippen LogP contribution in [0.15, 0.2) is 23.8 Å². The summed E-state index contributed by atoms with van der Waals surface area (Å²) in [5, 5.41) is 2.97. The lowest BCUT2D eigenvalue weighted by Gasteiger charge is -2.46. The second-order valence-corrected chi connectivity index (χ2v) is 7.64. The molecule has 1 aromatic carbocycles. The number of amides is 1. The van der Waals surface area contributed by atoms with Crippen LogP contribution in [-0.4, -0.2) is 48.3 Å². The minimum Gasteiger partial charge on any atom is -0.459 e. The van der Waals surface area contributed by atoms with Crippen LogP contribution >= 0.6 is 0 Å². The smallest absolute Gasteiger partial charge is 0.303 e. The van der Waals surface area contributed by atoms with E-state index in [0.717, 1.165) is 36.6 Å². The number of rotatable bonds is 2. The number of hydrogen-bond donors (Lipinski definition) is 1. The molecule has 1 aliphatic carbocycles. The van der Waals surface area contributed by atoms with E-state index in [0.29, 0.717) is 0 Å². The van der Waals surface area contributed by atoms with Gasteiger partial charge in [-0.25, -0.2) is 0 Å². The fourth-order valence-corrected chi connectivity index (χ4v) is 5.05. The van der Waals surface area contributed by atoms with Gasteiger partial charge in [0.2, 0.25) is 12.7 Å². The minimum atomic E-state index is -0.458. The first kappa shape index (κ1) is 16.6. The largest absolute Gasteiger partial charge is 0.459 e. The molecule has 1 amide bonds. The Morgan fingerprint density at radius 1 is 1.22 bits per heavy atom. The number of carbonyl (C=O) groups is 2. The second kappa shape index (κ2) is 5.99. The third-order valence-corrected chi connectivity index (χ3v) is 5.94. The summed E-state index contributed by atoms with van der Waals surface area (Å²) >= 11 is 0. The molecule has 3 heterocycles. The Morgan fingerprint density at radius 2 is 2.00 bits per heavy atom. The molecule has 142 valence electrons. The highest BCUT2D eigenvalue weighted by Gasteiger charge is 2.51. The predicted molar refractivity (Wildman–Crippen MR) is 95.4 cm³/mol. The van der Waals surface area contributed by atoms with Crippen LogP contribution in [-0.2, 0) is 20.9 Å². The van der Waals surface area contributed by atoms with Gasteiger partial charge in [0.25, 0.3) is 0 Å². The third kappa shape index (κ3) is 2.60. The molecule has 1 aromatic rings. The van der Waals surface area contributed by atoms with E-state index in [9.17, 15) is 9.59 Å². The highest BCUT2D eigenvalue weighted by molar-refractivity contribution is 5.74. The average molecular weight is 370 g/mol. The van der Waals surface area contributed by atoms with E-state index in [1.165, 1.54) is 25.0 Å². The lowest BCUT2D eigenvalue weighted by Crippen LogP contribution is -2.55. The number of nitrogens with zero attached hydrogens (tertiary/aromatic N) is 1. The molecule has 1 N–H and O–H groups in total. The highest BCUT2D eigenvalue weighted by atomic mass is 16.7. The van der Waals surface area contributed by atoms with E-state index in [1.807, 2.05) is 12.1 Å². The first-order chi connectivity index (χ1) is 13.0.